The monoisotopic (exact) mass is 269 g/mol. The molecule has 1 N–H and O–H groups in total. The average molecular weight is 269 g/mol. The zero-order valence-electron chi connectivity index (χ0n) is 10.3. The van der Waals surface area contributed by atoms with Crippen molar-refractivity contribution in [2.24, 2.45) is 5.92 Å². The molecule has 1 aromatic rings. The molecule has 1 aromatic carbocycles. The molecule has 0 atom stereocenters. The molecular formula is C14H14F3NO. The SMILES string of the molecule is C=Cc1cc(C(=O)NCC2CC2)ccc1C(F)(F)F. The van der Waals surface area contributed by atoms with Gasteiger partial charge in [-0.15, -0.1) is 0 Å². The number of halogens is 3. The molecule has 0 unspecified atom stereocenters. The van der Waals surface area contributed by atoms with Crippen LogP contribution in [0.5, 0.6) is 0 Å². The van der Waals surface area contributed by atoms with Crippen molar-refractivity contribution < 1.29 is 18.0 Å². The highest BCUT2D eigenvalue weighted by molar-refractivity contribution is 5.95. The van der Waals surface area contributed by atoms with Crippen LogP contribution in [0.2, 0.25) is 0 Å². The van der Waals surface area contributed by atoms with Crippen LogP contribution in [0.4, 0.5) is 13.2 Å². The molecule has 5 heteroatoms. The van der Waals surface area contributed by atoms with Crippen LogP contribution in [-0.4, -0.2) is 12.5 Å². The maximum Gasteiger partial charge on any atom is 0.416 e. The number of benzene rings is 1. The standard InChI is InChI=1S/C14H14F3NO/c1-2-10-7-11(5-6-12(10)14(15,16)17)13(19)18-8-9-3-4-9/h2,5-7,9H,1,3-4,8H2,(H,18,19). The second-order valence-electron chi connectivity index (χ2n) is 4.66. The maximum atomic E-state index is 12.7. The molecule has 0 radical (unpaired) electrons. The summed E-state index contributed by atoms with van der Waals surface area (Å²) in [4.78, 5) is 11.8. The Morgan fingerprint density at radius 2 is 2.11 bits per heavy atom. The molecule has 0 saturated heterocycles. The first kappa shape index (κ1) is 13.6. The average Bonchev–Trinajstić information content (AvgIpc) is 3.18. The number of nitrogens with one attached hydrogen (secondary N) is 1. The van der Waals surface area contributed by atoms with E-state index in [-0.39, 0.29) is 17.0 Å². The van der Waals surface area contributed by atoms with Gasteiger partial charge in [-0.3, -0.25) is 4.79 Å². The first-order valence-corrected chi connectivity index (χ1v) is 6.03. The molecule has 2 nitrogen and oxygen atoms in total. The highest BCUT2D eigenvalue weighted by Crippen LogP contribution is 2.33. The Labute approximate surface area is 109 Å². The molecular weight excluding hydrogens is 255 g/mol. The lowest BCUT2D eigenvalue weighted by molar-refractivity contribution is -0.137. The highest BCUT2D eigenvalue weighted by atomic mass is 19.4. The van der Waals surface area contributed by atoms with Gasteiger partial charge in [-0.25, -0.2) is 0 Å². The molecule has 1 saturated carbocycles. The molecule has 0 heterocycles. The lowest BCUT2D eigenvalue weighted by Gasteiger charge is -2.12. The van der Waals surface area contributed by atoms with Crippen molar-refractivity contribution in [1.82, 2.24) is 5.32 Å². The minimum absolute atomic E-state index is 0.0772. The van der Waals surface area contributed by atoms with E-state index >= 15 is 0 Å². The van der Waals surface area contributed by atoms with Gasteiger partial charge in [0.1, 0.15) is 0 Å². The molecule has 1 aliphatic carbocycles. The number of alkyl halides is 3. The molecule has 1 amide bonds. The Morgan fingerprint density at radius 1 is 1.42 bits per heavy atom. The number of rotatable bonds is 4. The fraction of sp³-hybridized carbons (Fsp3) is 0.357. The van der Waals surface area contributed by atoms with Gasteiger partial charge < -0.3 is 5.32 Å². The van der Waals surface area contributed by atoms with Crippen LogP contribution in [0.1, 0.15) is 34.3 Å². The van der Waals surface area contributed by atoms with E-state index in [1.807, 2.05) is 0 Å². The molecule has 1 aliphatic rings. The highest BCUT2D eigenvalue weighted by Gasteiger charge is 2.33. The van der Waals surface area contributed by atoms with Crippen molar-refractivity contribution in [3.63, 3.8) is 0 Å². The zero-order valence-corrected chi connectivity index (χ0v) is 10.3. The number of carbonyl (C=O) groups excluding carboxylic acids is 1. The van der Waals surface area contributed by atoms with Crippen molar-refractivity contribution in [2.45, 2.75) is 19.0 Å². The van der Waals surface area contributed by atoms with Crippen molar-refractivity contribution >= 4 is 12.0 Å². The van der Waals surface area contributed by atoms with Crippen LogP contribution >= 0.6 is 0 Å². The smallest absolute Gasteiger partial charge is 0.352 e. The molecule has 102 valence electrons. The summed E-state index contributed by atoms with van der Waals surface area (Å²) in [6.45, 7) is 3.94. The van der Waals surface area contributed by atoms with Gasteiger partial charge in [0.2, 0.25) is 0 Å². The summed E-state index contributed by atoms with van der Waals surface area (Å²) in [5.74, 6) is 0.181. The predicted molar refractivity (Wildman–Crippen MR) is 66.6 cm³/mol. The van der Waals surface area contributed by atoms with Crippen molar-refractivity contribution in [3.05, 3.63) is 41.5 Å². The summed E-state index contributed by atoms with van der Waals surface area (Å²) in [5, 5.41) is 2.72. The van der Waals surface area contributed by atoms with Crippen molar-refractivity contribution in [1.29, 1.82) is 0 Å². The van der Waals surface area contributed by atoms with Crippen molar-refractivity contribution in [3.8, 4) is 0 Å². The third kappa shape index (κ3) is 3.36. The molecule has 0 aliphatic heterocycles. The van der Waals surface area contributed by atoms with Gasteiger partial charge in [0.05, 0.1) is 5.56 Å². The van der Waals surface area contributed by atoms with E-state index in [1.165, 1.54) is 12.1 Å². The molecule has 19 heavy (non-hydrogen) atoms. The molecule has 2 rings (SSSR count). The minimum atomic E-state index is -4.44. The Hall–Kier alpha value is -1.78. The Morgan fingerprint density at radius 3 is 2.63 bits per heavy atom. The summed E-state index contributed by atoms with van der Waals surface area (Å²) in [6.07, 6.45) is -1.12. The van der Waals surface area contributed by atoms with E-state index in [4.69, 9.17) is 0 Å². The second kappa shape index (κ2) is 5.07. The van der Waals surface area contributed by atoms with Crippen LogP contribution in [0.3, 0.4) is 0 Å². The van der Waals surface area contributed by atoms with Crippen LogP contribution in [0.15, 0.2) is 24.8 Å². The fourth-order valence-corrected chi connectivity index (χ4v) is 1.79. The number of hydrogen-bond acceptors (Lipinski definition) is 1. The van der Waals surface area contributed by atoms with Gasteiger partial charge in [-0.1, -0.05) is 12.7 Å². The first-order chi connectivity index (χ1) is 8.91. The normalized spacial score (nSPS) is 15.1. The topological polar surface area (TPSA) is 29.1 Å². The van der Waals surface area contributed by atoms with Gasteiger partial charge in [0.25, 0.3) is 5.91 Å². The third-order valence-electron chi connectivity index (χ3n) is 3.09. The van der Waals surface area contributed by atoms with Crippen LogP contribution < -0.4 is 5.32 Å². The lowest BCUT2D eigenvalue weighted by atomic mass is 10.0. The quantitative estimate of drug-likeness (QED) is 0.890. The molecule has 1 fully saturated rings. The predicted octanol–water partition coefficient (Wildman–Crippen LogP) is 3.49. The van der Waals surface area contributed by atoms with Gasteiger partial charge in [-0.2, -0.15) is 13.2 Å². The first-order valence-electron chi connectivity index (χ1n) is 6.03. The van der Waals surface area contributed by atoms with Crippen molar-refractivity contribution in [2.75, 3.05) is 6.54 Å². The largest absolute Gasteiger partial charge is 0.416 e. The van der Waals surface area contributed by atoms with E-state index in [0.29, 0.717) is 12.5 Å². The number of amides is 1. The Kier molecular flexibility index (Phi) is 3.64. The molecule has 0 aromatic heterocycles. The van der Waals surface area contributed by atoms with Gasteiger partial charge in [-0.05, 0) is 42.5 Å². The van der Waals surface area contributed by atoms with E-state index in [0.717, 1.165) is 25.0 Å². The Bertz CT molecular complexity index is 504. The summed E-state index contributed by atoms with van der Waals surface area (Å²) >= 11 is 0. The van der Waals surface area contributed by atoms with Gasteiger partial charge >= 0.3 is 6.18 Å². The fourth-order valence-electron chi connectivity index (χ4n) is 1.79. The van der Waals surface area contributed by atoms with E-state index in [2.05, 4.69) is 11.9 Å². The summed E-state index contributed by atoms with van der Waals surface area (Å²) in [7, 11) is 0. The zero-order chi connectivity index (χ0) is 14.0. The minimum Gasteiger partial charge on any atom is -0.352 e. The van der Waals surface area contributed by atoms with Gasteiger partial charge in [0.15, 0.2) is 0 Å². The maximum absolute atomic E-state index is 12.7. The third-order valence-corrected chi connectivity index (χ3v) is 3.09. The lowest BCUT2D eigenvalue weighted by Crippen LogP contribution is -2.25. The molecule has 0 spiro atoms. The Balaban J connectivity index is 2.17. The van der Waals surface area contributed by atoms with E-state index in [9.17, 15) is 18.0 Å². The van der Waals surface area contributed by atoms with Crippen LogP contribution in [0.25, 0.3) is 6.08 Å². The molecule has 0 bridgehead atoms. The summed E-state index contributed by atoms with van der Waals surface area (Å²) in [5.41, 5.74) is -0.628. The summed E-state index contributed by atoms with van der Waals surface area (Å²) in [6, 6.07) is 3.33. The van der Waals surface area contributed by atoms with Gasteiger partial charge in [0, 0.05) is 12.1 Å². The number of carbonyl (C=O) groups is 1. The van der Waals surface area contributed by atoms with Crippen LogP contribution in [0, 0.1) is 5.92 Å². The second-order valence-corrected chi connectivity index (χ2v) is 4.66. The van der Waals surface area contributed by atoms with E-state index in [1.54, 1.807) is 0 Å². The van der Waals surface area contributed by atoms with E-state index < -0.39 is 11.7 Å². The number of hydrogen-bond donors (Lipinski definition) is 1. The van der Waals surface area contributed by atoms with Crippen LogP contribution in [-0.2, 0) is 6.18 Å². The summed E-state index contributed by atoms with van der Waals surface area (Å²) < 4.78 is 38.0.